The van der Waals surface area contributed by atoms with E-state index in [1.54, 1.807) is 19.1 Å². The zero-order valence-corrected chi connectivity index (χ0v) is 17.3. The van der Waals surface area contributed by atoms with Crippen LogP contribution in [0, 0.1) is 17.8 Å². The number of allylic oxidation sites excluding steroid dienone is 5. The Hall–Kier alpha value is -1.77. The highest BCUT2D eigenvalue weighted by Gasteiger charge is 2.16. The molecule has 0 aromatic carbocycles. The molecule has 1 rings (SSSR count). The molecule has 0 amide bonds. The number of Topliss-reactive ketones (excluding diaryl/α,β-unsaturated/α-hetero) is 2. The molecule has 0 fully saturated rings. The van der Waals surface area contributed by atoms with E-state index >= 15 is 0 Å². The van der Waals surface area contributed by atoms with Crippen LogP contribution in [0.25, 0.3) is 0 Å². The van der Waals surface area contributed by atoms with Gasteiger partial charge in [-0.15, -0.1) is 0 Å². The van der Waals surface area contributed by atoms with Crippen molar-refractivity contribution in [3.8, 4) is 0 Å². The van der Waals surface area contributed by atoms with Crippen molar-refractivity contribution in [1.82, 2.24) is 0 Å². The van der Waals surface area contributed by atoms with Crippen LogP contribution < -0.4 is 0 Å². The highest BCUT2D eigenvalue weighted by Crippen LogP contribution is 2.21. The lowest BCUT2D eigenvalue weighted by Crippen LogP contribution is -2.13. The first-order valence-electron chi connectivity index (χ1n) is 9.05. The number of ketones is 3. The van der Waals surface area contributed by atoms with Crippen LogP contribution in [0.3, 0.4) is 0 Å². The average Bonchev–Trinajstić information content (AvgIpc) is 2.45. The van der Waals surface area contributed by atoms with Gasteiger partial charge in [-0.1, -0.05) is 60.3 Å². The van der Waals surface area contributed by atoms with Gasteiger partial charge in [0.2, 0.25) is 0 Å². The molecule has 0 aromatic heterocycles. The molecule has 0 saturated carbocycles. The van der Waals surface area contributed by atoms with Crippen LogP contribution in [0.1, 0.15) is 68.2 Å². The summed E-state index contributed by atoms with van der Waals surface area (Å²) in [5.41, 5.74) is 1.70. The van der Waals surface area contributed by atoms with Crippen LogP contribution in [-0.4, -0.2) is 17.3 Å². The first kappa shape index (κ1) is 25.5. The second-order valence-corrected chi connectivity index (χ2v) is 7.14. The fraction of sp³-hybridized carbons (Fsp3) is 0.591. The van der Waals surface area contributed by atoms with Gasteiger partial charge in [0.05, 0.1) is 0 Å². The van der Waals surface area contributed by atoms with Gasteiger partial charge in [0.1, 0.15) is 0 Å². The molecule has 0 saturated heterocycles. The molecule has 0 atom stereocenters. The molecule has 0 heterocycles. The van der Waals surface area contributed by atoms with E-state index in [1.165, 1.54) is 0 Å². The molecule has 0 unspecified atom stereocenters. The Morgan fingerprint density at radius 2 is 1.48 bits per heavy atom. The lowest BCUT2D eigenvalue weighted by Gasteiger charge is -2.14. The van der Waals surface area contributed by atoms with E-state index in [0.717, 1.165) is 18.4 Å². The van der Waals surface area contributed by atoms with Crippen LogP contribution >= 0.6 is 0 Å². The maximum absolute atomic E-state index is 11.1. The van der Waals surface area contributed by atoms with Gasteiger partial charge in [-0.3, -0.25) is 14.4 Å². The normalized spacial score (nSPS) is 12.7. The number of hydrogen-bond acceptors (Lipinski definition) is 3. The van der Waals surface area contributed by atoms with Crippen LogP contribution in [-0.2, 0) is 14.4 Å². The number of rotatable bonds is 6. The molecule has 1 aliphatic rings. The van der Waals surface area contributed by atoms with Crippen molar-refractivity contribution in [2.75, 3.05) is 0 Å². The van der Waals surface area contributed by atoms with Gasteiger partial charge in [-0.05, 0) is 43.9 Å². The summed E-state index contributed by atoms with van der Waals surface area (Å²) in [6.07, 6.45) is 7.51. The summed E-state index contributed by atoms with van der Waals surface area (Å²) in [5.74, 6) is 1.13. The van der Waals surface area contributed by atoms with Gasteiger partial charge in [0.15, 0.2) is 17.3 Å². The van der Waals surface area contributed by atoms with Gasteiger partial charge in [0.25, 0.3) is 0 Å². The third kappa shape index (κ3) is 12.3. The minimum Gasteiger partial charge on any atom is -0.295 e. The van der Waals surface area contributed by atoms with E-state index in [9.17, 15) is 14.4 Å². The predicted octanol–water partition coefficient (Wildman–Crippen LogP) is 5.51. The largest absolute Gasteiger partial charge is 0.295 e. The fourth-order valence-corrected chi connectivity index (χ4v) is 1.73. The highest BCUT2D eigenvalue weighted by molar-refractivity contribution is 5.97. The van der Waals surface area contributed by atoms with Crippen molar-refractivity contribution in [3.05, 3.63) is 36.0 Å². The predicted molar refractivity (Wildman–Crippen MR) is 106 cm³/mol. The zero-order chi connectivity index (χ0) is 20.2. The second-order valence-electron chi connectivity index (χ2n) is 7.14. The maximum atomic E-state index is 11.1. The Labute approximate surface area is 154 Å². The van der Waals surface area contributed by atoms with Crippen LogP contribution in [0.5, 0.6) is 0 Å². The molecule has 0 spiro atoms. The summed E-state index contributed by atoms with van der Waals surface area (Å²) in [6, 6.07) is 0. The van der Waals surface area contributed by atoms with Gasteiger partial charge < -0.3 is 0 Å². The SMILES string of the molecule is C/C=C\C(=O)C(C)C.C=C(C)C(=O)C(C)C.CC(C)C(=O)C1=CCC1. The first-order chi connectivity index (χ1) is 11.4. The standard InChI is InChI=1S/C8H12O.2C7H12O/c1-6(2)8(9)7-4-3-5-7;1-5(2)7(8)6(3)4;1-4-5-7(8)6(2)3/h4,6H,3,5H2,1-2H3;6H,1H2,2-4H3;4-6H,1-3H3/b;;5-4-. The van der Waals surface area contributed by atoms with Crippen LogP contribution in [0.15, 0.2) is 36.0 Å². The summed E-state index contributed by atoms with van der Waals surface area (Å²) in [7, 11) is 0. The quantitative estimate of drug-likeness (QED) is 0.595. The molecule has 0 aromatic rings. The Morgan fingerprint density at radius 1 is 1.00 bits per heavy atom. The van der Waals surface area contributed by atoms with Crippen molar-refractivity contribution < 1.29 is 14.4 Å². The third-order valence-corrected chi connectivity index (χ3v) is 3.49. The van der Waals surface area contributed by atoms with Crippen molar-refractivity contribution in [2.45, 2.75) is 68.2 Å². The van der Waals surface area contributed by atoms with E-state index in [2.05, 4.69) is 6.58 Å². The van der Waals surface area contributed by atoms with Crippen molar-refractivity contribution in [2.24, 2.45) is 17.8 Å². The molecule has 3 nitrogen and oxygen atoms in total. The first-order valence-corrected chi connectivity index (χ1v) is 9.05. The Bertz CT molecular complexity index is 517. The summed E-state index contributed by atoms with van der Waals surface area (Å²) in [6.45, 7) is 18.5. The maximum Gasteiger partial charge on any atom is 0.161 e. The molecule has 25 heavy (non-hydrogen) atoms. The fourth-order valence-electron chi connectivity index (χ4n) is 1.73. The molecule has 142 valence electrons. The number of hydrogen-bond donors (Lipinski definition) is 0. The van der Waals surface area contributed by atoms with E-state index in [0.29, 0.717) is 11.4 Å². The van der Waals surface area contributed by atoms with Gasteiger partial charge in [-0.25, -0.2) is 0 Å². The second kappa shape index (κ2) is 13.5. The highest BCUT2D eigenvalue weighted by atomic mass is 16.1. The Morgan fingerprint density at radius 3 is 1.56 bits per heavy atom. The van der Waals surface area contributed by atoms with Gasteiger partial charge in [0, 0.05) is 17.8 Å². The van der Waals surface area contributed by atoms with Crippen molar-refractivity contribution in [3.63, 3.8) is 0 Å². The molecule has 0 N–H and O–H groups in total. The third-order valence-electron chi connectivity index (χ3n) is 3.49. The smallest absolute Gasteiger partial charge is 0.161 e. The topological polar surface area (TPSA) is 51.2 Å². The van der Waals surface area contributed by atoms with E-state index in [-0.39, 0.29) is 29.3 Å². The summed E-state index contributed by atoms with van der Waals surface area (Å²) >= 11 is 0. The minimum atomic E-state index is 0.104. The zero-order valence-electron chi connectivity index (χ0n) is 17.3. The minimum absolute atomic E-state index is 0.104. The molecule has 3 heteroatoms. The lowest BCUT2D eigenvalue weighted by molar-refractivity contribution is -0.119. The van der Waals surface area contributed by atoms with E-state index in [4.69, 9.17) is 0 Å². The molecule has 0 bridgehead atoms. The van der Waals surface area contributed by atoms with Gasteiger partial charge >= 0.3 is 0 Å². The lowest BCUT2D eigenvalue weighted by atomic mass is 9.90. The monoisotopic (exact) mass is 348 g/mol. The van der Waals surface area contributed by atoms with Crippen molar-refractivity contribution >= 4 is 17.3 Å². The summed E-state index contributed by atoms with van der Waals surface area (Å²) < 4.78 is 0. The van der Waals surface area contributed by atoms with Crippen LogP contribution in [0.2, 0.25) is 0 Å². The van der Waals surface area contributed by atoms with Crippen LogP contribution in [0.4, 0.5) is 0 Å². The van der Waals surface area contributed by atoms with Crippen molar-refractivity contribution in [1.29, 1.82) is 0 Å². The molecule has 0 aliphatic heterocycles. The molecular formula is C22H36O3. The van der Waals surface area contributed by atoms with Gasteiger partial charge in [-0.2, -0.15) is 0 Å². The average molecular weight is 349 g/mol. The summed E-state index contributed by atoms with van der Waals surface area (Å²) in [5, 5.41) is 0. The molecular weight excluding hydrogens is 312 g/mol. The van der Waals surface area contributed by atoms with E-state index in [1.807, 2.05) is 54.5 Å². The van der Waals surface area contributed by atoms with E-state index < -0.39 is 0 Å². The summed E-state index contributed by atoms with van der Waals surface area (Å²) in [4.78, 5) is 32.5. The molecule has 0 radical (unpaired) electrons. The number of carbonyl (C=O) groups is 3. The Balaban J connectivity index is 0. The Kier molecular flexibility index (Phi) is 13.8. The number of carbonyl (C=O) groups excluding carboxylic acids is 3. The molecule has 1 aliphatic carbocycles.